The van der Waals surface area contributed by atoms with Crippen molar-refractivity contribution in [3.05, 3.63) is 69.1 Å². The van der Waals surface area contributed by atoms with Crippen LogP contribution in [0.1, 0.15) is 35.1 Å². The Kier molecular flexibility index (Phi) is 4.52. The van der Waals surface area contributed by atoms with Crippen molar-refractivity contribution in [2.45, 2.75) is 33.6 Å². The number of hydrogen-bond acceptors (Lipinski definition) is 4. The zero-order chi connectivity index (χ0) is 19.0. The molecule has 0 radical (unpaired) electrons. The number of benzene rings is 1. The van der Waals surface area contributed by atoms with E-state index in [1.807, 2.05) is 31.2 Å². The summed E-state index contributed by atoms with van der Waals surface area (Å²) < 4.78 is 1.62. The Labute approximate surface area is 159 Å². The van der Waals surface area contributed by atoms with E-state index in [1.165, 1.54) is 11.1 Å². The van der Waals surface area contributed by atoms with E-state index < -0.39 is 0 Å². The second kappa shape index (κ2) is 6.99. The lowest BCUT2D eigenvalue weighted by atomic mass is 10.1. The molecule has 27 heavy (non-hydrogen) atoms. The fraction of sp³-hybridized carbons (Fsp3) is 0.318. The molecule has 1 aliphatic heterocycles. The maximum absolute atomic E-state index is 13.2. The summed E-state index contributed by atoms with van der Waals surface area (Å²) in [7, 11) is 0. The van der Waals surface area contributed by atoms with E-state index in [4.69, 9.17) is 4.98 Å². The number of rotatable bonds is 3. The number of anilines is 1. The molecular weight excluding hydrogens is 336 g/mol. The zero-order valence-corrected chi connectivity index (χ0v) is 16.1. The molecule has 1 fully saturated rings. The lowest BCUT2D eigenvalue weighted by Crippen LogP contribution is -2.28. The average molecular weight is 360 g/mol. The minimum Gasteiger partial charge on any atom is -0.356 e. The van der Waals surface area contributed by atoms with Gasteiger partial charge in [-0.1, -0.05) is 12.1 Å². The van der Waals surface area contributed by atoms with Crippen LogP contribution in [0.3, 0.4) is 0 Å². The quantitative estimate of drug-likeness (QED) is 0.664. The molecule has 0 bridgehead atoms. The molecule has 2 aromatic heterocycles. The number of hydrogen-bond donors (Lipinski definition) is 0. The Hall–Kier alpha value is -2.95. The third kappa shape index (κ3) is 3.25. The lowest BCUT2D eigenvalue weighted by molar-refractivity contribution is 0.914. The van der Waals surface area contributed by atoms with E-state index in [9.17, 15) is 4.79 Å². The number of fused-ring (bicyclic) bond motifs is 1. The SMILES string of the molecule is Cc1ccc(N=Cc2c(N3CCCC3)nc3c(C)cccn3c2=O)cc1C. The molecule has 5 heteroatoms. The van der Waals surface area contributed by atoms with Crippen molar-refractivity contribution in [1.29, 1.82) is 0 Å². The van der Waals surface area contributed by atoms with Crippen LogP contribution in [0.25, 0.3) is 5.65 Å². The molecule has 0 spiro atoms. The molecule has 1 aromatic carbocycles. The van der Waals surface area contributed by atoms with Gasteiger partial charge in [0.15, 0.2) is 0 Å². The summed E-state index contributed by atoms with van der Waals surface area (Å²) in [6.07, 6.45) is 5.71. The monoisotopic (exact) mass is 360 g/mol. The van der Waals surface area contributed by atoms with Gasteiger partial charge in [-0.25, -0.2) is 4.98 Å². The van der Waals surface area contributed by atoms with Crippen LogP contribution in [-0.2, 0) is 0 Å². The maximum Gasteiger partial charge on any atom is 0.268 e. The van der Waals surface area contributed by atoms with Crippen LogP contribution in [0.5, 0.6) is 0 Å². The van der Waals surface area contributed by atoms with Crippen LogP contribution in [0.2, 0.25) is 0 Å². The van der Waals surface area contributed by atoms with Gasteiger partial charge in [-0.3, -0.25) is 14.2 Å². The molecule has 1 saturated heterocycles. The number of nitrogens with zero attached hydrogens (tertiary/aromatic N) is 4. The molecule has 0 saturated carbocycles. The van der Waals surface area contributed by atoms with Gasteiger partial charge in [-0.2, -0.15) is 0 Å². The van der Waals surface area contributed by atoms with E-state index in [0.29, 0.717) is 11.2 Å². The summed E-state index contributed by atoms with van der Waals surface area (Å²) >= 11 is 0. The number of aryl methyl sites for hydroxylation is 3. The summed E-state index contributed by atoms with van der Waals surface area (Å²) in [5, 5.41) is 0. The van der Waals surface area contributed by atoms with Crippen molar-refractivity contribution in [2.24, 2.45) is 4.99 Å². The van der Waals surface area contributed by atoms with Crippen molar-refractivity contribution in [3.8, 4) is 0 Å². The third-order valence-electron chi connectivity index (χ3n) is 5.30. The first-order valence-corrected chi connectivity index (χ1v) is 9.43. The maximum atomic E-state index is 13.2. The van der Waals surface area contributed by atoms with Crippen LogP contribution in [-0.4, -0.2) is 28.7 Å². The number of pyridine rings is 1. The van der Waals surface area contributed by atoms with E-state index in [2.05, 4.69) is 29.8 Å². The predicted octanol–water partition coefficient (Wildman–Crippen LogP) is 3.97. The minimum absolute atomic E-state index is 0.0711. The van der Waals surface area contributed by atoms with Crippen LogP contribution < -0.4 is 10.5 Å². The average Bonchev–Trinajstić information content (AvgIpc) is 3.19. The number of aliphatic imine (C=N–C) groups is 1. The summed E-state index contributed by atoms with van der Waals surface area (Å²) in [6.45, 7) is 7.99. The van der Waals surface area contributed by atoms with Crippen molar-refractivity contribution < 1.29 is 0 Å². The first kappa shape index (κ1) is 17.5. The zero-order valence-electron chi connectivity index (χ0n) is 16.1. The molecular formula is C22H24N4O. The molecule has 0 atom stereocenters. The molecule has 1 aliphatic rings. The normalized spacial score (nSPS) is 14.6. The first-order chi connectivity index (χ1) is 13.0. The highest BCUT2D eigenvalue weighted by Gasteiger charge is 2.20. The second-order valence-corrected chi connectivity index (χ2v) is 7.26. The summed E-state index contributed by atoms with van der Waals surface area (Å²) in [5.74, 6) is 0.749. The standard InChI is InChI=1S/C22H24N4O/c1-15-8-9-18(13-17(15)3)23-14-19-21(25-10-4-5-11-25)24-20-16(2)7-6-12-26(20)22(19)27/h6-9,12-14H,4-5,10-11H2,1-3H3. The summed E-state index contributed by atoms with van der Waals surface area (Å²) in [4.78, 5) is 24.9. The van der Waals surface area contributed by atoms with Gasteiger partial charge in [0.2, 0.25) is 0 Å². The fourth-order valence-electron chi connectivity index (χ4n) is 3.53. The Morgan fingerprint density at radius 1 is 1.04 bits per heavy atom. The van der Waals surface area contributed by atoms with Gasteiger partial charge >= 0.3 is 0 Å². The topological polar surface area (TPSA) is 50.0 Å². The van der Waals surface area contributed by atoms with Gasteiger partial charge in [-0.05, 0) is 68.5 Å². The van der Waals surface area contributed by atoms with Crippen molar-refractivity contribution in [2.75, 3.05) is 18.0 Å². The largest absolute Gasteiger partial charge is 0.356 e. The van der Waals surface area contributed by atoms with Crippen molar-refractivity contribution >= 4 is 23.4 Å². The molecule has 0 aliphatic carbocycles. The van der Waals surface area contributed by atoms with Crippen LogP contribution in [0.15, 0.2) is 46.3 Å². The van der Waals surface area contributed by atoms with E-state index in [-0.39, 0.29) is 5.56 Å². The highest BCUT2D eigenvalue weighted by molar-refractivity contribution is 5.88. The van der Waals surface area contributed by atoms with Crippen LogP contribution in [0.4, 0.5) is 11.5 Å². The van der Waals surface area contributed by atoms with E-state index >= 15 is 0 Å². The molecule has 3 heterocycles. The predicted molar refractivity (Wildman–Crippen MR) is 111 cm³/mol. The molecule has 3 aromatic rings. The van der Waals surface area contributed by atoms with Gasteiger partial charge in [0.05, 0.1) is 5.69 Å². The minimum atomic E-state index is -0.0711. The Bertz CT molecular complexity index is 1090. The Morgan fingerprint density at radius 3 is 2.56 bits per heavy atom. The molecule has 0 unspecified atom stereocenters. The van der Waals surface area contributed by atoms with Crippen LogP contribution >= 0.6 is 0 Å². The Morgan fingerprint density at radius 2 is 1.81 bits per heavy atom. The van der Waals surface area contributed by atoms with Crippen molar-refractivity contribution in [3.63, 3.8) is 0 Å². The third-order valence-corrected chi connectivity index (χ3v) is 5.30. The van der Waals surface area contributed by atoms with Gasteiger partial charge < -0.3 is 4.90 Å². The molecule has 5 nitrogen and oxygen atoms in total. The Balaban J connectivity index is 1.88. The molecule has 138 valence electrons. The highest BCUT2D eigenvalue weighted by Crippen LogP contribution is 2.22. The van der Waals surface area contributed by atoms with Gasteiger partial charge in [0.1, 0.15) is 17.0 Å². The highest BCUT2D eigenvalue weighted by atomic mass is 16.1. The van der Waals surface area contributed by atoms with E-state index in [0.717, 1.165) is 43.0 Å². The van der Waals surface area contributed by atoms with Gasteiger partial charge in [0, 0.05) is 25.5 Å². The molecule has 0 N–H and O–H groups in total. The fourth-order valence-corrected chi connectivity index (χ4v) is 3.53. The first-order valence-electron chi connectivity index (χ1n) is 9.43. The molecule has 0 amide bonds. The number of aromatic nitrogens is 2. The van der Waals surface area contributed by atoms with Crippen molar-refractivity contribution in [1.82, 2.24) is 9.38 Å². The summed E-state index contributed by atoms with van der Waals surface area (Å²) in [5.41, 5.74) is 5.46. The van der Waals surface area contributed by atoms with Gasteiger partial charge in [-0.15, -0.1) is 0 Å². The van der Waals surface area contributed by atoms with Gasteiger partial charge in [0.25, 0.3) is 5.56 Å². The lowest BCUT2D eigenvalue weighted by Gasteiger charge is -2.19. The van der Waals surface area contributed by atoms with Crippen LogP contribution in [0, 0.1) is 20.8 Å². The summed E-state index contributed by atoms with van der Waals surface area (Å²) in [6, 6.07) is 9.93. The smallest absolute Gasteiger partial charge is 0.268 e. The molecule has 4 rings (SSSR count). The second-order valence-electron chi connectivity index (χ2n) is 7.26. The van der Waals surface area contributed by atoms with E-state index in [1.54, 1.807) is 16.8 Å².